The zero-order valence-electron chi connectivity index (χ0n) is 13.0. The molecule has 116 valence electrons. The summed E-state index contributed by atoms with van der Waals surface area (Å²) in [7, 11) is 6.96. The zero-order chi connectivity index (χ0) is 16.2. The molecule has 0 aliphatic carbocycles. The van der Waals surface area contributed by atoms with Gasteiger partial charge in [0, 0.05) is 12.7 Å². The van der Waals surface area contributed by atoms with Crippen LogP contribution in [0.1, 0.15) is 34.0 Å². The van der Waals surface area contributed by atoms with E-state index in [2.05, 4.69) is 18.5 Å². The smallest absolute Gasteiger partial charge is 0.198 e. The van der Waals surface area contributed by atoms with E-state index in [9.17, 15) is 4.79 Å². The molecule has 0 spiro atoms. The van der Waals surface area contributed by atoms with E-state index in [1.54, 1.807) is 7.11 Å². The minimum absolute atomic E-state index is 0.0195. The molecule has 0 saturated heterocycles. The quantitative estimate of drug-likeness (QED) is 0.586. The van der Waals surface area contributed by atoms with E-state index < -0.39 is 5.60 Å². The topological polar surface area (TPSA) is 26.3 Å². The summed E-state index contributed by atoms with van der Waals surface area (Å²) in [6, 6.07) is 15.7. The van der Waals surface area contributed by atoms with Crippen LogP contribution in [0.2, 0.25) is 0 Å². The Morgan fingerprint density at radius 1 is 1.05 bits per heavy atom. The molecule has 0 bridgehead atoms. The SMILES string of the molecule is COC(C)(C(=O)c1cccc(CP)c1)c1ccc(CP)cc1. The highest BCUT2D eigenvalue weighted by Crippen LogP contribution is 2.30. The number of hydrogen-bond acceptors (Lipinski definition) is 2. The van der Waals surface area contributed by atoms with Crippen LogP contribution in [0.25, 0.3) is 0 Å². The van der Waals surface area contributed by atoms with Gasteiger partial charge in [0.2, 0.25) is 0 Å². The summed E-state index contributed by atoms with van der Waals surface area (Å²) >= 11 is 0. The van der Waals surface area contributed by atoms with Crippen molar-refractivity contribution < 1.29 is 9.53 Å². The molecule has 0 radical (unpaired) electrons. The molecule has 3 unspecified atom stereocenters. The lowest BCUT2D eigenvalue weighted by molar-refractivity contribution is 0.0101. The monoisotopic (exact) mass is 332 g/mol. The first kappa shape index (κ1) is 17.3. The number of rotatable bonds is 6. The van der Waals surface area contributed by atoms with Gasteiger partial charge in [-0.15, -0.1) is 18.5 Å². The van der Waals surface area contributed by atoms with Crippen molar-refractivity contribution in [3.05, 3.63) is 70.8 Å². The first-order chi connectivity index (χ1) is 10.5. The van der Waals surface area contributed by atoms with Gasteiger partial charge in [0.15, 0.2) is 11.4 Å². The highest BCUT2D eigenvalue weighted by Gasteiger charge is 2.35. The van der Waals surface area contributed by atoms with E-state index in [1.807, 2.05) is 55.5 Å². The maximum Gasteiger partial charge on any atom is 0.198 e. The molecule has 4 heteroatoms. The Morgan fingerprint density at radius 2 is 1.68 bits per heavy atom. The molecule has 0 aliphatic heterocycles. The van der Waals surface area contributed by atoms with Crippen molar-refractivity contribution in [3.8, 4) is 0 Å². The number of ketones is 1. The molecule has 0 fully saturated rings. The lowest BCUT2D eigenvalue weighted by Gasteiger charge is -2.27. The Kier molecular flexibility index (Phi) is 5.87. The summed E-state index contributed by atoms with van der Waals surface area (Å²) in [5, 5.41) is 0. The fraction of sp³-hybridized carbons (Fsp3) is 0.278. The Balaban J connectivity index is 2.40. The molecule has 0 aromatic heterocycles. The van der Waals surface area contributed by atoms with Crippen LogP contribution in [-0.4, -0.2) is 12.9 Å². The lowest BCUT2D eigenvalue weighted by Crippen LogP contribution is -2.34. The summed E-state index contributed by atoms with van der Waals surface area (Å²) in [5.41, 5.74) is 2.91. The number of methoxy groups -OCH3 is 1. The fourth-order valence-electron chi connectivity index (χ4n) is 2.42. The van der Waals surface area contributed by atoms with Crippen molar-refractivity contribution >= 4 is 24.3 Å². The van der Waals surface area contributed by atoms with E-state index >= 15 is 0 Å². The average Bonchev–Trinajstić information content (AvgIpc) is 2.60. The van der Waals surface area contributed by atoms with E-state index in [4.69, 9.17) is 4.74 Å². The van der Waals surface area contributed by atoms with E-state index in [0.717, 1.165) is 23.5 Å². The largest absolute Gasteiger partial charge is 0.366 e. The number of carbonyl (C=O) groups is 1. The molecular formula is C18H22O2P2. The molecule has 22 heavy (non-hydrogen) atoms. The molecule has 2 aromatic carbocycles. The second kappa shape index (κ2) is 7.47. The summed E-state index contributed by atoms with van der Waals surface area (Å²) in [5.74, 6) is -0.0195. The van der Waals surface area contributed by atoms with Crippen molar-refractivity contribution in [1.29, 1.82) is 0 Å². The van der Waals surface area contributed by atoms with E-state index in [0.29, 0.717) is 5.56 Å². The molecular weight excluding hydrogens is 310 g/mol. The summed E-state index contributed by atoms with van der Waals surface area (Å²) in [6.45, 7) is 1.83. The van der Waals surface area contributed by atoms with Crippen LogP contribution >= 0.6 is 18.5 Å². The third-order valence-electron chi connectivity index (χ3n) is 4.01. The van der Waals surface area contributed by atoms with Gasteiger partial charge in [-0.3, -0.25) is 4.79 Å². The van der Waals surface area contributed by atoms with Crippen molar-refractivity contribution in [1.82, 2.24) is 0 Å². The maximum absolute atomic E-state index is 13.0. The highest BCUT2D eigenvalue weighted by molar-refractivity contribution is 7.15. The van der Waals surface area contributed by atoms with Gasteiger partial charge in [-0.05, 0) is 42.0 Å². The van der Waals surface area contributed by atoms with Crippen molar-refractivity contribution in [2.75, 3.05) is 7.11 Å². The molecule has 0 amide bonds. The Labute approximate surface area is 137 Å². The van der Waals surface area contributed by atoms with Crippen LogP contribution in [0.5, 0.6) is 0 Å². The first-order valence-electron chi connectivity index (χ1n) is 7.23. The van der Waals surface area contributed by atoms with Gasteiger partial charge in [0.1, 0.15) is 0 Å². The molecule has 0 heterocycles. The average molecular weight is 332 g/mol. The molecule has 0 N–H and O–H groups in total. The van der Waals surface area contributed by atoms with Gasteiger partial charge in [0.05, 0.1) is 0 Å². The van der Waals surface area contributed by atoms with Crippen LogP contribution in [0.15, 0.2) is 48.5 Å². The normalized spacial score (nSPS) is 13.6. The summed E-state index contributed by atoms with van der Waals surface area (Å²) in [4.78, 5) is 13.0. The number of Topliss-reactive ketones (excluding diaryl/α,β-unsaturated/α-hetero) is 1. The Bertz CT molecular complexity index is 652. The number of ether oxygens (including phenoxy) is 1. The van der Waals surface area contributed by atoms with Gasteiger partial charge in [0.25, 0.3) is 0 Å². The summed E-state index contributed by atoms with van der Waals surface area (Å²) < 4.78 is 5.63. The summed E-state index contributed by atoms with van der Waals surface area (Å²) in [6.07, 6.45) is 1.72. The minimum Gasteiger partial charge on any atom is -0.366 e. The van der Waals surface area contributed by atoms with Crippen LogP contribution in [0.4, 0.5) is 0 Å². The second-order valence-electron chi connectivity index (χ2n) is 5.37. The van der Waals surface area contributed by atoms with Crippen LogP contribution in [0, 0.1) is 0 Å². The predicted molar refractivity (Wildman–Crippen MR) is 98.4 cm³/mol. The second-order valence-corrected chi connectivity index (χ2v) is 6.19. The molecule has 0 saturated carbocycles. The minimum atomic E-state index is -0.973. The van der Waals surface area contributed by atoms with Gasteiger partial charge >= 0.3 is 0 Å². The molecule has 2 aromatic rings. The third kappa shape index (κ3) is 3.46. The van der Waals surface area contributed by atoms with Crippen molar-refractivity contribution in [2.24, 2.45) is 0 Å². The van der Waals surface area contributed by atoms with Gasteiger partial charge in [-0.1, -0.05) is 42.5 Å². The lowest BCUT2D eigenvalue weighted by atomic mass is 9.86. The van der Waals surface area contributed by atoms with E-state index in [-0.39, 0.29) is 5.78 Å². The van der Waals surface area contributed by atoms with Gasteiger partial charge < -0.3 is 4.74 Å². The first-order valence-corrected chi connectivity index (χ1v) is 8.87. The number of hydrogen-bond donors (Lipinski definition) is 0. The highest BCUT2D eigenvalue weighted by atomic mass is 31.0. The van der Waals surface area contributed by atoms with Crippen molar-refractivity contribution in [3.63, 3.8) is 0 Å². The Hall–Kier alpha value is -1.07. The fourth-order valence-corrected chi connectivity index (χ4v) is 2.94. The maximum atomic E-state index is 13.0. The van der Waals surface area contributed by atoms with Crippen LogP contribution < -0.4 is 0 Å². The van der Waals surface area contributed by atoms with Crippen LogP contribution in [0.3, 0.4) is 0 Å². The number of benzene rings is 2. The molecule has 2 nitrogen and oxygen atoms in total. The molecule has 3 atom stereocenters. The van der Waals surface area contributed by atoms with Gasteiger partial charge in [-0.2, -0.15) is 0 Å². The zero-order valence-corrected chi connectivity index (χ0v) is 15.3. The molecule has 2 rings (SSSR count). The predicted octanol–water partition coefficient (Wildman–Crippen LogP) is 4.18. The standard InChI is InChI=1S/C18H22O2P2/c1-18(20-2,16-8-6-13(11-21)7-9-16)17(19)15-5-3-4-14(10-15)12-22/h3-10H,11-12,21-22H2,1-2H3. The molecule has 0 aliphatic rings. The van der Waals surface area contributed by atoms with Crippen LogP contribution in [-0.2, 0) is 22.7 Å². The third-order valence-corrected chi connectivity index (χ3v) is 4.95. The van der Waals surface area contributed by atoms with Crippen molar-refractivity contribution in [2.45, 2.75) is 24.8 Å². The van der Waals surface area contributed by atoms with Gasteiger partial charge in [-0.25, -0.2) is 0 Å². The Morgan fingerprint density at radius 3 is 2.23 bits per heavy atom. The van der Waals surface area contributed by atoms with E-state index in [1.165, 1.54) is 5.56 Å². The number of carbonyl (C=O) groups excluding carboxylic acids is 1.